The molecule has 8 heteroatoms. The third-order valence-corrected chi connectivity index (χ3v) is 4.16. The van der Waals surface area contributed by atoms with Gasteiger partial charge in [0, 0.05) is 5.56 Å². The Hall–Kier alpha value is -2.79. The number of carbonyl (C=O) groups is 2. The zero-order valence-electron chi connectivity index (χ0n) is 13.0. The molecule has 2 aromatic rings. The van der Waals surface area contributed by atoms with Gasteiger partial charge in [0.25, 0.3) is 0 Å². The first-order valence-corrected chi connectivity index (χ1v) is 7.75. The van der Waals surface area contributed by atoms with Crippen molar-refractivity contribution in [1.82, 2.24) is 4.98 Å². The van der Waals surface area contributed by atoms with Crippen molar-refractivity contribution in [3.05, 3.63) is 35.0 Å². The molecular weight excluding hydrogens is 333 g/mol. The molecule has 0 aliphatic rings. The molecule has 1 aromatic heterocycles. The highest BCUT2D eigenvalue weighted by atomic mass is 32.1. The Labute approximate surface area is 141 Å². The summed E-state index contributed by atoms with van der Waals surface area (Å²) in [5.41, 5.74) is -0.842. The summed E-state index contributed by atoms with van der Waals surface area (Å²) in [7, 11) is 0. The van der Waals surface area contributed by atoms with Crippen molar-refractivity contribution in [2.45, 2.75) is 20.3 Å². The van der Waals surface area contributed by atoms with Gasteiger partial charge in [-0.2, -0.15) is 5.26 Å². The van der Waals surface area contributed by atoms with Crippen LogP contribution in [0, 0.1) is 22.6 Å². The van der Waals surface area contributed by atoms with Crippen LogP contribution in [-0.2, 0) is 9.59 Å². The fraction of sp³-hybridized carbons (Fsp3) is 0.250. The van der Waals surface area contributed by atoms with Crippen molar-refractivity contribution in [2.24, 2.45) is 5.41 Å². The smallest absolute Gasteiger partial charge is 0.304 e. The summed E-state index contributed by atoms with van der Waals surface area (Å²) in [6.07, 6.45) is -0.352. The first-order valence-electron chi connectivity index (χ1n) is 6.93. The fourth-order valence-electron chi connectivity index (χ4n) is 2.01. The van der Waals surface area contributed by atoms with Crippen LogP contribution in [0.4, 0.5) is 9.52 Å². The highest BCUT2D eigenvalue weighted by molar-refractivity contribution is 7.16. The van der Waals surface area contributed by atoms with E-state index in [1.807, 2.05) is 6.07 Å². The van der Waals surface area contributed by atoms with Crippen LogP contribution in [0.2, 0.25) is 0 Å². The normalized spacial score (nSPS) is 10.9. The second-order valence-electron chi connectivity index (χ2n) is 5.70. The zero-order chi connectivity index (χ0) is 17.9. The number of thiazole rings is 1. The molecular formula is C16H14FN3O3S. The van der Waals surface area contributed by atoms with Gasteiger partial charge >= 0.3 is 5.97 Å². The van der Waals surface area contributed by atoms with Gasteiger partial charge in [0.15, 0.2) is 5.13 Å². The van der Waals surface area contributed by atoms with Gasteiger partial charge in [-0.15, -0.1) is 0 Å². The minimum atomic E-state index is -1.15. The molecule has 0 spiro atoms. The number of benzene rings is 1. The van der Waals surface area contributed by atoms with E-state index in [1.54, 1.807) is 6.07 Å². The van der Waals surface area contributed by atoms with Gasteiger partial charge in [-0.1, -0.05) is 37.3 Å². The summed E-state index contributed by atoms with van der Waals surface area (Å²) < 4.78 is 13.9. The van der Waals surface area contributed by atoms with Crippen LogP contribution >= 0.6 is 11.3 Å². The van der Waals surface area contributed by atoms with E-state index < -0.39 is 23.1 Å². The summed E-state index contributed by atoms with van der Waals surface area (Å²) in [5, 5.41) is 20.7. The van der Waals surface area contributed by atoms with Crippen LogP contribution in [0.3, 0.4) is 0 Å². The average molecular weight is 347 g/mol. The molecule has 2 rings (SSSR count). The minimum Gasteiger partial charge on any atom is -0.481 e. The predicted molar refractivity (Wildman–Crippen MR) is 86.9 cm³/mol. The van der Waals surface area contributed by atoms with Gasteiger partial charge in [-0.25, -0.2) is 9.37 Å². The van der Waals surface area contributed by atoms with E-state index in [1.165, 1.54) is 32.0 Å². The Balaban J connectivity index is 2.31. The van der Waals surface area contributed by atoms with E-state index in [4.69, 9.17) is 5.11 Å². The van der Waals surface area contributed by atoms with E-state index >= 15 is 0 Å². The predicted octanol–water partition coefficient (Wildman–Crippen LogP) is 3.26. The Morgan fingerprint density at radius 3 is 2.67 bits per heavy atom. The third-order valence-electron chi connectivity index (χ3n) is 3.29. The van der Waals surface area contributed by atoms with Crippen LogP contribution in [0.25, 0.3) is 11.3 Å². The molecule has 1 heterocycles. The molecule has 2 N–H and O–H groups in total. The lowest BCUT2D eigenvalue weighted by atomic mass is 9.88. The van der Waals surface area contributed by atoms with Gasteiger partial charge in [-0.05, 0) is 12.1 Å². The summed E-state index contributed by atoms with van der Waals surface area (Å²) in [5.74, 6) is -2.16. The standard InChI is InChI=1S/C16H14FN3O3S/c1-16(2,7-12(21)22)14(23)20-15-19-13(11(8-18)24-15)9-5-3-4-6-10(9)17/h3-6H,7H2,1-2H3,(H,21,22)(H,19,20,23). The number of hydrogen-bond donors (Lipinski definition) is 2. The molecule has 0 aliphatic carbocycles. The van der Waals surface area contributed by atoms with E-state index in [-0.39, 0.29) is 27.7 Å². The molecule has 0 aliphatic heterocycles. The average Bonchev–Trinajstić information content (AvgIpc) is 2.89. The lowest BCUT2D eigenvalue weighted by Crippen LogP contribution is -2.32. The number of aliphatic carboxylic acids is 1. The van der Waals surface area contributed by atoms with Gasteiger partial charge < -0.3 is 10.4 Å². The number of carbonyl (C=O) groups excluding carboxylic acids is 1. The number of nitriles is 1. The van der Waals surface area contributed by atoms with Crippen LogP contribution in [0.15, 0.2) is 24.3 Å². The molecule has 0 bridgehead atoms. The van der Waals surface area contributed by atoms with Crippen LogP contribution in [0.5, 0.6) is 0 Å². The Kier molecular flexibility index (Phi) is 4.95. The quantitative estimate of drug-likeness (QED) is 0.864. The Morgan fingerprint density at radius 1 is 1.42 bits per heavy atom. The number of hydrogen-bond acceptors (Lipinski definition) is 5. The van der Waals surface area contributed by atoms with Gasteiger partial charge in [0.05, 0.1) is 11.8 Å². The highest BCUT2D eigenvalue weighted by Crippen LogP contribution is 2.33. The van der Waals surface area contributed by atoms with Crippen molar-refractivity contribution < 1.29 is 19.1 Å². The fourth-order valence-corrected chi connectivity index (χ4v) is 2.78. The van der Waals surface area contributed by atoms with Crippen molar-refractivity contribution in [2.75, 3.05) is 5.32 Å². The molecule has 0 unspecified atom stereocenters. The van der Waals surface area contributed by atoms with Crippen LogP contribution in [0.1, 0.15) is 25.1 Å². The number of halogens is 1. The number of nitrogens with zero attached hydrogens (tertiary/aromatic N) is 2. The SMILES string of the molecule is CC(C)(CC(=O)O)C(=O)Nc1nc(-c2ccccc2F)c(C#N)s1. The molecule has 0 radical (unpaired) electrons. The van der Waals surface area contributed by atoms with Crippen molar-refractivity contribution in [1.29, 1.82) is 5.26 Å². The molecule has 0 fully saturated rings. The maximum atomic E-state index is 13.9. The Morgan fingerprint density at radius 2 is 2.08 bits per heavy atom. The lowest BCUT2D eigenvalue weighted by Gasteiger charge is -2.20. The summed E-state index contributed by atoms with van der Waals surface area (Å²) >= 11 is 0.908. The molecule has 0 saturated carbocycles. The van der Waals surface area contributed by atoms with Gasteiger partial charge in [0.2, 0.25) is 5.91 Å². The second kappa shape index (κ2) is 6.76. The molecule has 1 amide bonds. The van der Waals surface area contributed by atoms with Crippen molar-refractivity contribution in [3.8, 4) is 17.3 Å². The first-order chi connectivity index (χ1) is 11.2. The van der Waals surface area contributed by atoms with E-state index in [0.29, 0.717) is 0 Å². The number of aromatic nitrogens is 1. The first kappa shape index (κ1) is 17.6. The maximum Gasteiger partial charge on any atom is 0.304 e. The lowest BCUT2D eigenvalue weighted by molar-refractivity contribution is -0.142. The number of nitrogens with one attached hydrogen (secondary N) is 1. The molecule has 0 saturated heterocycles. The molecule has 124 valence electrons. The molecule has 1 aromatic carbocycles. The van der Waals surface area contributed by atoms with Gasteiger partial charge in [0.1, 0.15) is 22.5 Å². The second-order valence-corrected chi connectivity index (χ2v) is 6.70. The number of amides is 1. The van der Waals surface area contributed by atoms with E-state index in [0.717, 1.165) is 11.3 Å². The molecule has 24 heavy (non-hydrogen) atoms. The molecule has 0 atom stereocenters. The number of rotatable bonds is 5. The Bertz CT molecular complexity index is 839. The zero-order valence-corrected chi connectivity index (χ0v) is 13.8. The summed E-state index contributed by atoms with van der Waals surface area (Å²) in [6.45, 7) is 2.99. The van der Waals surface area contributed by atoms with Crippen LogP contribution < -0.4 is 5.32 Å². The van der Waals surface area contributed by atoms with Crippen molar-refractivity contribution >= 4 is 28.3 Å². The summed E-state index contributed by atoms with van der Waals surface area (Å²) in [6, 6.07) is 7.82. The van der Waals surface area contributed by atoms with Crippen molar-refractivity contribution in [3.63, 3.8) is 0 Å². The van der Waals surface area contributed by atoms with Gasteiger partial charge in [-0.3, -0.25) is 9.59 Å². The highest BCUT2D eigenvalue weighted by Gasteiger charge is 2.31. The minimum absolute atomic E-state index is 0.119. The number of carboxylic acids is 1. The molecule has 6 nitrogen and oxygen atoms in total. The van der Waals surface area contributed by atoms with Crippen LogP contribution in [-0.4, -0.2) is 22.0 Å². The number of carboxylic acid groups (broad SMARTS) is 1. The maximum absolute atomic E-state index is 13.9. The van der Waals surface area contributed by atoms with E-state index in [2.05, 4.69) is 10.3 Å². The largest absolute Gasteiger partial charge is 0.481 e. The number of anilines is 1. The van der Waals surface area contributed by atoms with E-state index in [9.17, 15) is 19.2 Å². The summed E-state index contributed by atoms with van der Waals surface area (Å²) in [4.78, 5) is 27.3. The monoisotopic (exact) mass is 347 g/mol. The third kappa shape index (κ3) is 3.75. The topological polar surface area (TPSA) is 103 Å².